The van der Waals surface area contributed by atoms with Crippen LogP contribution in [0.15, 0.2) is 54.6 Å². The number of aryl methyl sites for hydroxylation is 2. The number of benzene rings is 2. The Kier molecular flexibility index (Phi) is 9.06. The number of rotatable bonds is 10. The lowest BCUT2D eigenvalue weighted by atomic mass is 10.0. The van der Waals surface area contributed by atoms with E-state index in [2.05, 4.69) is 10.6 Å². The zero-order valence-electron chi connectivity index (χ0n) is 17.8. The van der Waals surface area contributed by atoms with E-state index in [0.717, 1.165) is 5.56 Å². The van der Waals surface area contributed by atoms with Gasteiger partial charge in [0.25, 0.3) is 5.91 Å². The van der Waals surface area contributed by atoms with Crippen molar-refractivity contribution in [1.82, 2.24) is 10.6 Å². The van der Waals surface area contributed by atoms with Gasteiger partial charge in [0.05, 0.1) is 6.54 Å². The average molecular weight is 411 g/mol. The summed E-state index contributed by atoms with van der Waals surface area (Å²) in [4.78, 5) is 36.7. The third-order valence-electron chi connectivity index (χ3n) is 4.67. The number of hydrogen-bond acceptors (Lipinski definition) is 4. The molecule has 0 aliphatic heterocycles. The van der Waals surface area contributed by atoms with Crippen LogP contribution in [-0.4, -0.2) is 37.0 Å². The van der Waals surface area contributed by atoms with Gasteiger partial charge in [-0.15, -0.1) is 0 Å². The zero-order chi connectivity index (χ0) is 21.9. The maximum Gasteiger partial charge on any atom is 0.328 e. The molecule has 0 saturated heterocycles. The summed E-state index contributed by atoms with van der Waals surface area (Å²) >= 11 is 0. The summed E-state index contributed by atoms with van der Waals surface area (Å²) in [5, 5.41) is 5.47. The standard InChI is InChI=1S/C24H30N2O4/c1-17(2)22(26-23(28)20-7-5-4-6-8-20)24(29)30-16-15-25-21(27)14-13-19-11-9-18(3)10-12-19/h4-12,17,22H,13-16H2,1-3H3,(H,25,27)(H,26,28). The van der Waals surface area contributed by atoms with Crippen LogP contribution >= 0.6 is 0 Å². The van der Waals surface area contributed by atoms with E-state index in [4.69, 9.17) is 4.74 Å². The Morgan fingerprint density at radius 3 is 2.27 bits per heavy atom. The topological polar surface area (TPSA) is 84.5 Å². The number of nitrogens with one attached hydrogen (secondary N) is 2. The number of esters is 1. The van der Waals surface area contributed by atoms with Crippen LogP contribution < -0.4 is 10.6 Å². The number of amides is 2. The third-order valence-corrected chi connectivity index (χ3v) is 4.67. The maximum atomic E-state index is 12.4. The van der Waals surface area contributed by atoms with Crippen molar-refractivity contribution in [2.75, 3.05) is 13.2 Å². The largest absolute Gasteiger partial charge is 0.462 e. The molecular formula is C24H30N2O4. The van der Waals surface area contributed by atoms with Crippen LogP contribution in [0.1, 0.15) is 41.8 Å². The fourth-order valence-corrected chi connectivity index (χ4v) is 2.84. The monoisotopic (exact) mass is 410 g/mol. The molecule has 2 amide bonds. The first-order chi connectivity index (χ1) is 14.4. The van der Waals surface area contributed by atoms with E-state index in [1.54, 1.807) is 24.3 Å². The number of hydrogen-bond donors (Lipinski definition) is 2. The molecule has 0 bridgehead atoms. The third kappa shape index (κ3) is 7.70. The van der Waals surface area contributed by atoms with Gasteiger partial charge in [0.1, 0.15) is 12.6 Å². The molecule has 0 aliphatic rings. The lowest BCUT2D eigenvalue weighted by molar-refractivity contribution is -0.147. The molecule has 0 fully saturated rings. The Balaban J connectivity index is 1.71. The Bertz CT molecular complexity index is 832. The average Bonchev–Trinajstić information content (AvgIpc) is 2.74. The lowest BCUT2D eigenvalue weighted by Gasteiger charge is -2.21. The van der Waals surface area contributed by atoms with Gasteiger partial charge in [0, 0.05) is 12.0 Å². The summed E-state index contributed by atoms with van der Waals surface area (Å²) in [5.41, 5.74) is 2.78. The van der Waals surface area contributed by atoms with Crippen LogP contribution in [0.5, 0.6) is 0 Å². The van der Waals surface area contributed by atoms with Crippen molar-refractivity contribution in [3.05, 3.63) is 71.3 Å². The van der Waals surface area contributed by atoms with Crippen LogP contribution in [0.25, 0.3) is 0 Å². The minimum atomic E-state index is -0.755. The summed E-state index contributed by atoms with van der Waals surface area (Å²) in [7, 11) is 0. The molecule has 0 spiro atoms. The molecule has 6 heteroatoms. The van der Waals surface area contributed by atoms with E-state index in [0.29, 0.717) is 18.4 Å². The molecule has 0 aliphatic carbocycles. The highest BCUT2D eigenvalue weighted by molar-refractivity contribution is 5.96. The van der Waals surface area contributed by atoms with E-state index in [1.807, 2.05) is 51.1 Å². The molecule has 2 aromatic rings. The van der Waals surface area contributed by atoms with Gasteiger partial charge in [-0.1, -0.05) is 61.9 Å². The van der Waals surface area contributed by atoms with Crippen LogP contribution in [0.4, 0.5) is 0 Å². The van der Waals surface area contributed by atoms with Crippen molar-refractivity contribution in [2.24, 2.45) is 5.92 Å². The van der Waals surface area contributed by atoms with Crippen LogP contribution in [-0.2, 0) is 20.7 Å². The number of carbonyl (C=O) groups is 3. The van der Waals surface area contributed by atoms with Gasteiger partial charge in [-0.3, -0.25) is 9.59 Å². The summed E-state index contributed by atoms with van der Waals surface area (Å²) in [6.07, 6.45) is 1.03. The Hall–Kier alpha value is -3.15. The molecule has 1 unspecified atom stereocenters. The predicted octanol–water partition coefficient (Wildman–Crippen LogP) is 3.04. The minimum absolute atomic E-state index is 0.0551. The van der Waals surface area contributed by atoms with Crippen molar-refractivity contribution in [1.29, 1.82) is 0 Å². The van der Waals surface area contributed by atoms with Crippen LogP contribution in [0, 0.1) is 12.8 Å². The van der Waals surface area contributed by atoms with E-state index in [9.17, 15) is 14.4 Å². The fraction of sp³-hybridized carbons (Fsp3) is 0.375. The summed E-state index contributed by atoms with van der Waals surface area (Å²) in [6.45, 7) is 5.98. The summed E-state index contributed by atoms with van der Waals surface area (Å²) in [6, 6.07) is 16.0. The molecule has 0 radical (unpaired) electrons. The van der Waals surface area contributed by atoms with Gasteiger partial charge in [-0.05, 0) is 37.0 Å². The van der Waals surface area contributed by atoms with E-state index in [-0.39, 0.29) is 30.9 Å². The number of carbonyl (C=O) groups excluding carboxylic acids is 3. The first kappa shape index (κ1) is 23.1. The second kappa shape index (κ2) is 11.8. The van der Waals surface area contributed by atoms with Gasteiger partial charge >= 0.3 is 5.97 Å². The molecule has 2 N–H and O–H groups in total. The SMILES string of the molecule is Cc1ccc(CCC(=O)NCCOC(=O)C(NC(=O)c2ccccc2)C(C)C)cc1. The van der Waals surface area contributed by atoms with E-state index >= 15 is 0 Å². The first-order valence-corrected chi connectivity index (χ1v) is 10.2. The molecule has 30 heavy (non-hydrogen) atoms. The maximum absolute atomic E-state index is 12.4. The van der Waals surface area contributed by atoms with Crippen molar-refractivity contribution in [2.45, 2.75) is 39.7 Å². The Labute approximate surface area is 178 Å². The smallest absolute Gasteiger partial charge is 0.328 e. The van der Waals surface area contributed by atoms with Crippen molar-refractivity contribution < 1.29 is 19.1 Å². The second-order valence-electron chi connectivity index (χ2n) is 7.56. The molecule has 1 atom stereocenters. The second-order valence-corrected chi connectivity index (χ2v) is 7.56. The lowest BCUT2D eigenvalue weighted by Crippen LogP contribution is -2.45. The van der Waals surface area contributed by atoms with Crippen molar-refractivity contribution >= 4 is 17.8 Å². The Morgan fingerprint density at radius 1 is 0.967 bits per heavy atom. The van der Waals surface area contributed by atoms with Crippen LogP contribution in [0.3, 0.4) is 0 Å². The Morgan fingerprint density at radius 2 is 1.63 bits per heavy atom. The molecule has 0 heterocycles. The quantitative estimate of drug-likeness (QED) is 0.466. The van der Waals surface area contributed by atoms with E-state index < -0.39 is 12.0 Å². The highest BCUT2D eigenvalue weighted by atomic mass is 16.5. The van der Waals surface area contributed by atoms with Gasteiger partial charge < -0.3 is 15.4 Å². The molecular weight excluding hydrogens is 380 g/mol. The molecule has 160 valence electrons. The molecule has 2 rings (SSSR count). The van der Waals surface area contributed by atoms with Crippen molar-refractivity contribution in [3.63, 3.8) is 0 Å². The molecule has 6 nitrogen and oxygen atoms in total. The summed E-state index contributed by atoms with van der Waals surface area (Å²) in [5.74, 6) is -1.06. The van der Waals surface area contributed by atoms with Crippen LogP contribution in [0.2, 0.25) is 0 Å². The molecule has 0 saturated carbocycles. The number of ether oxygens (including phenoxy) is 1. The van der Waals surface area contributed by atoms with E-state index in [1.165, 1.54) is 5.56 Å². The molecule has 0 aromatic heterocycles. The summed E-state index contributed by atoms with van der Waals surface area (Å²) < 4.78 is 5.26. The highest BCUT2D eigenvalue weighted by Gasteiger charge is 2.26. The van der Waals surface area contributed by atoms with Gasteiger partial charge in [0.2, 0.25) is 5.91 Å². The van der Waals surface area contributed by atoms with Gasteiger partial charge in [-0.25, -0.2) is 4.79 Å². The first-order valence-electron chi connectivity index (χ1n) is 10.2. The van der Waals surface area contributed by atoms with Crippen molar-refractivity contribution in [3.8, 4) is 0 Å². The van der Waals surface area contributed by atoms with Gasteiger partial charge in [-0.2, -0.15) is 0 Å². The predicted molar refractivity (Wildman–Crippen MR) is 116 cm³/mol. The zero-order valence-corrected chi connectivity index (χ0v) is 17.8. The normalized spacial score (nSPS) is 11.6. The fourth-order valence-electron chi connectivity index (χ4n) is 2.84. The minimum Gasteiger partial charge on any atom is -0.462 e. The molecule has 2 aromatic carbocycles. The van der Waals surface area contributed by atoms with Gasteiger partial charge in [0.15, 0.2) is 0 Å². The highest BCUT2D eigenvalue weighted by Crippen LogP contribution is 2.07.